The normalized spacial score (nSPS) is 9.79. The quantitative estimate of drug-likeness (QED) is 0.696. The van der Waals surface area contributed by atoms with E-state index < -0.39 is 0 Å². The topological polar surface area (TPSA) is 68.0 Å². The van der Waals surface area contributed by atoms with Crippen molar-refractivity contribution in [2.24, 2.45) is 5.73 Å². The number of nitrogens with two attached hydrogens (primary N) is 1. The molecular formula is C10H15N3O. The summed E-state index contributed by atoms with van der Waals surface area (Å²) in [6.45, 7) is 1.02. The Bertz CT molecular complexity index is 274. The number of rotatable bonds is 5. The van der Waals surface area contributed by atoms with Gasteiger partial charge in [-0.05, 0) is 12.1 Å². The van der Waals surface area contributed by atoms with Crippen LogP contribution in [-0.4, -0.2) is 24.0 Å². The smallest absolute Gasteiger partial charge is 0.221 e. The van der Waals surface area contributed by atoms with Crippen LogP contribution in [-0.2, 0) is 11.2 Å². The fourth-order valence-corrected chi connectivity index (χ4v) is 1.10. The Morgan fingerprint density at radius 2 is 2.36 bits per heavy atom. The Morgan fingerprint density at radius 1 is 1.50 bits per heavy atom. The van der Waals surface area contributed by atoms with Crippen LogP contribution in [0.25, 0.3) is 0 Å². The van der Waals surface area contributed by atoms with E-state index in [9.17, 15) is 4.79 Å². The standard InChI is InChI=1S/C10H15N3O/c11-6-4-10(14)13-8-5-9-3-1-2-7-12-9/h1-3,7H,4-6,8,11H2,(H,13,14). The third kappa shape index (κ3) is 4.00. The van der Waals surface area contributed by atoms with E-state index in [1.54, 1.807) is 6.20 Å². The number of carbonyl (C=O) groups is 1. The van der Waals surface area contributed by atoms with Gasteiger partial charge in [0.15, 0.2) is 0 Å². The molecule has 0 aliphatic rings. The maximum atomic E-state index is 11.0. The van der Waals surface area contributed by atoms with Gasteiger partial charge in [0.05, 0.1) is 0 Å². The third-order valence-corrected chi connectivity index (χ3v) is 1.80. The van der Waals surface area contributed by atoms with Gasteiger partial charge < -0.3 is 11.1 Å². The fourth-order valence-electron chi connectivity index (χ4n) is 1.10. The molecule has 76 valence electrons. The van der Waals surface area contributed by atoms with Gasteiger partial charge >= 0.3 is 0 Å². The van der Waals surface area contributed by atoms with Crippen molar-refractivity contribution in [3.05, 3.63) is 30.1 Å². The summed E-state index contributed by atoms with van der Waals surface area (Å²) in [5.41, 5.74) is 6.23. The van der Waals surface area contributed by atoms with Crippen molar-refractivity contribution in [2.45, 2.75) is 12.8 Å². The fraction of sp³-hybridized carbons (Fsp3) is 0.400. The number of carbonyl (C=O) groups excluding carboxylic acids is 1. The number of aromatic nitrogens is 1. The van der Waals surface area contributed by atoms with Crippen molar-refractivity contribution in [3.8, 4) is 0 Å². The Hall–Kier alpha value is -1.42. The number of nitrogens with one attached hydrogen (secondary N) is 1. The van der Waals surface area contributed by atoms with Crippen LogP contribution in [0.1, 0.15) is 12.1 Å². The predicted octanol–water partition coefficient (Wildman–Crippen LogP) is 0.0891. The largest absolute Gasteiger partial charge is 0.356 e. The summed E-state index contributed by atoms with van der Waals surface area (Å²) in [6, 6.07) is 5.75. The summed E-state index contributed by atoms with van der Waals surface area (Å²) in [4.78, 5) is 15.2. The molecule has 14 heavy (non-hydrogen) atoms. The molecule has 4 heteroatoms. The molecule has 1 aromatic heterocycles. The molecule has 1 rings (SSSR count). The minimum Gasteiger partial charge on any atom is -0.356 e. The highest BCUT2D eigenvalue weighted by molar-refractivity contribution is 5.75. The predicted molar refractivity (Wildman–Crippen MR) is 54.6 cm³/mol. The molecule has 0 saturated carbocycles. The Balaban J connectivity index is 2.19. The molecule has 0 bridgehead atoms. The highest BCUT2D eigenvalue weighted by atomic mass is 16.1. The van der Waals surface area contributed by atoms with Crippen molar-refractivity contribution in [1.29, 1.82) is 0 Å². The number of amides is 1. The Labute approximate surface area is 83.5 Å². The molecule has 0 atom stereocenters. The molecule has 4 nitrogen and oxygen atoms in total. The van der Waals surface area contributed by atoms with Crippen LogP contribution in [0.15, 0.2) is 24.4 Å². The van der Waals surface area contributed by atoms with E-state index in [4.69, 9.17) is 5.73 Å². The molecule has 0 radical (unpaired) electrons. The number of nitrogens with zero attached hydrogens (tertiary/aromatic N) is 1. The van der Waals surface area contributed by atoms with Crippen LogP contribution >= 0.6 is 0 Å². The highest BCUT2D eigenvalue weighted by Crippen LogP contribution is 1.92. The maximum absolute atomic E-state index is 11.0. The molecule has 0 spiro atoms. The average Bonchev–Trinajstić information content (AvgIpc) is 2.20. The second-order valence-corrected chi connectivity index (χ2v) is 2.96. The SMILES string of the molecule is NCCC(=O)NCCc1ccccn1. The van der Waals surface area contributed by atoms with E-state index in [-0.39, 0.29) is 5.91 Å². The molecule has 0 saturated heterocycles. The van der Waals surface area contributed by atoms with Crippen LogP contribution < -0.4 is 11.1 Å². The molecule has 1 amide bonds. The first kappa shape index (κ1) is 10.7. The van der Waals surface area contributed by atoms with Gasteiger partial charge in [0.25, 0.3) is 0 Å². The second kappa shape index (κ2) is 6.10. The minimum atomic E-state index is 0.00318. The lowest BCUT2D eigenvalue weighted by atomic mass is 10.2. The van der Waals surface area contributed by atoms with E-state index in [2.05, 4.69) is 10.3 Å². The van der Waals surface area contributed by atoms with Crippen LogP contribution in [0.3, 0.4) is 0 Å². The van der Waals surface area contributed by atoms with Crippen LogP contribution in [0.2, 0.25) is 0 Å². The lowest BCUT2D eigenvalue weighted by Crippen LogP contribution is -2.27. The first-order chi connectivity index (χ1) is 6.83. The van der Waals surface area contributed by atoms with Crippen LogP contribution in [0.4, 0.5) is 0 Å². The zero-order valence-electron chi connectivity index (χ0n) is 8.07. The van der Waals surface area contributed by atoms with Gasteiger partial charge in [0, 0.05) is 37.8 Å². The van der Waals surface area contributed by atoms with Gasteiger partial charge in [-0.1, -0.05) is 6.07 Å². The van der Waals surface area contributed by atoms with E-state index in [0.29, 0.717) is 19.5 Å². The van der Waals surface area contributed by atoms with E-state index >= 15 is 0 Å². The monoisotopic (exact) mass is 193 g/mol. The summed E-state index contributed by atoms with van der Waals surface area (Å²) < 4.78 is 0. The summed E-state index contributed by atoms with van der Waals surface area (Å²) >= 11 is 0. The molecule has 0 aromatic carbocycles. The van der Waals surface area contributed by atoms with Gasteiger partial charge in [-0.15, -0.1) is 0 Å². The van der Waals surface area contributed by atoms with Gasteiger partial charge in [-0.25, -0.2) is 0 Å². The van der Waals surface area contributed by atoms with Gasteiger partial charge in [0.1, 0.15) is 0 Å². The Morgan fingerprint density at radius 3 is 3.00 bits per heavy atom. The number of hydrogen-bond acceptors (Lipinski definition) is 3. The number of pyridine rings is 1. The lowest BCUT2D eigenvalue weighted by Gasteiger charge is -2.03. The summed E-state index contributed by atoms with van der Waals surface area (Å²) in [7, 11) is 0. The third-order valence-electron chi connectivity index (χ3n) is 1.80. The van der Waals surface area contributed by atoms with Crippen molar-refractivity contribution in [2.75, 3.05) is 13.1 Å². The van der Waals surface area contributed by atoms with Gasteiger partial charge in [0.2, 0.25) is 5.91 Å². The minimum absolute atomic E-state index is 0.00318. The number of hydrogen-bond donors (Lipinski definition) is 2. The van der Waals surface area contributed by atoms with E-state index in [0.717, 1.165) is 12.1 Å². The van der Waals surface area contributed by atoms with Crippen molar-refractivity contribution in [3.63, 3.8) is 0 Å². The average molecular weight is 193 g/mol. The highest BCUT2D eigenvalue weighted by Gasteiger charge is 1.98. The van der Waals surface area contributed by atoms with Crippen molar-refractivity contribution in [1.82, 2.24) is 10.3 Å². The van der Waals surface area contributed by atoms with Gasteiger partial charge in [-0.3, -0.25) is 9.78 Å². The second-order valence-electron chi connectivity index (χ2n) is 2.96. The zero-order chi connectivity index (χ0) is 10.2. The molecular weight excluding hydrogens is 178 g/mol. The first-order valence-corrected chi connectivity index (χ1v) is 4.69. The maximum Gasteiger partial charge on any atom is 0.221 e. The molecule has 0 aliphatic heterocycles. The summed E-state index contributed by atoms with van der Waals surface area (Å²) in [5.74, 6) is 0.00318. The lowest BCUT2D eigenvalue weighted by molar-refractivity contribution is -0.120. The first-order valence-electron chi connectivity index (χ1n) is 4.69. The molecule has 0 unspecified atom stereocenters. The van der Waals surface area contributed by atoms with E-state index in [1.807, 2.05) is 18.2 Å². The molecule has 3 N–H and O–H groups in total. The summed E-state index contributed by atoms with van der Waals surface area (Å²) in [6.07, 6.45) is 2.90. The summed E-state index contributed by atoms with van der Waals surface area (Å²) in [5, 5.41) is 2.77. The van der Waals surface area contributed by atoms with Crippen molar-refractivity contribution < 1.29 is 4.79 Å². The molecule has 0 aliphatic carbocycles. The molecule has 1 heterocycles. The van der Waals surface area contributed by atoms with E-state index in [1.165, 1.54) is 0 Å². The van der Waals surface area contributed by atoms with Crippen LogP contribution in [0, 0.1) is 0 Å². The zero-order valence-corrected chi connectivity index (χ0v) is 8.07. The molecule has 1 aromatic rings. The Kier molecular flexibility index (Phi) is 4.64. The van der Waals surface area contributed by atoms with Crippen LogP contribution in [0.5, 0.6) is 0 Å². The molecule has 0 fully saturated rings. The van der Waals surface area contributed by atoms with Gasteiger partial charge in [-0.2, -0.15) is 0 Å². The van der Waals surface area contributed by atoms with Crippen molar-refractivity contribution >= 4 is 5.91 Å².